The number of aromatic hydroxyl groups is 1. The van der Waals surface area contributed by atoms with Gasteiger partial charge < -0.3 is 16.2 Å². The maximum atomic E-state index is 11.7. The molecule has 0 fully saturated rings. The first kappa shape index (κ1) is 12.5. The van der Waals surface area contributed by atoms with Crippen molar-refractivity contribution in [2.45, 2.75) is 32.4 Å². The molecule has 0 aromatic heterocycles. The lowest BCUT2D eigenvalue weighted by Crippen LogP contribution is -2.50. The summed E-state index contributed by atoms with van der Waals surface area (Å²) in [7, 11) is 0. The Balaban J connectivity index is 2.52. The van der Waals surface area contributed by atoms with Crippen molar-refractivity contribution >= 4 is 5.91 Å². The number of nitrogens with one attached hydrogen (secondary N) is 1. The molecular formula is C12H18N2O2. The summed E-state index contributed by atoms with van der Waals surface area (Å²) < 4.78 is 0. The third kappa shape index (κ3) is 3.24. The van der Waals surface area contributed by atoms with Crippen LogP contribution in [0, 0.1) is 0 Å². The smallest absolute Gasteiger partial charge is 0.240 e. The van der Waals surface area contributed by atoms with E-state index in [1.807, 2.05) is 6.92 Å². The van der Waals surface area contributed by atoms with E-state index in [9.17, 15) is 4.79 Å². The molecule has 1 atom stereocenters. The van der Waals surface area contributed by atoms with Crippen molar-refractivity contribution < 1.29 is 9.90 Å². The van der Waals surface area contributed by atoms with E-state index in [1.54, 1.807) is 31.2 Å². The molecule has 0 saturated heterocycles. The molecule has 16 heavy (non-hydrogen) atoms. The van der Waals surface area contributed by atoms with Gasteiger partial charge in [-0.2, -0.15) is 0 Å². The van der Waals surface area contributed by atoms with E-state index < -0.39 is 5.54 Å². The number of hydrogen-bond donors (Lipinski definition) is 3. The van der Waals surface area contributed by atoms with Crippen LogP contribution in [0.4, 0.5) is 0 Å². The van der Waals surface area contributed by atoms with Crippen molar-refractivity contribution in [1.82, 2.24) is 5.32 Å². The summed E-state index contributed by atoms with van der Waals surface area (Å²) in [5.74, 6) is 0.0513. The Labute approximate surface area is 95.5 Å². The van der Waals surface area contributed by atoms with Crippen LogP contribution in [0.25, 0.3) is 0 Å². The fourth-order valence-electron chi connectivity index (χ4n) is 1.16. The van der Waals surface area contributed by atoms with Gasteiger partial charge in [0.05, 0.1) is 5.54 Å². The second-order valence-electron chi connectivity index (χ2n) is 4.12. The van der Waals surface area contributed by atoms with Crippen LogP contribution in [0.2, 0.25) is 0 Å². The van der Waals surface area contributed by atoms with Crippen molar-refractivity contribution in [3.63, 3.8) is 0 Å². The summed E-state index contributed by atoms with van der Waals surface area (Å²) in [6.07, 6.45) is 0.592. The van der Waals surface area contributed by atoms with Gasteiger partial charge in [0.25, 0.3) is 0 Å². The quantitative estimate of drug-likeness (QED) is 0.715. The van der Waals surface area contributed by atoms with Gasteiger partial charge in [0, 0.05) is 6.54 Å². The first-order valence-electron chi connectivity index (χ1n) is 5.31. The minimum Gasteiger partial charge on any atom is -0.508 e. The monoisotopic (exact) mass is 222 g/mol. The molecule has 0 bridgehead atoms. The van der Waals surface area contributed by atoms with Crippen molar-refractivity contribution in [3.05, 3.63) is 29.8 Å². The van der Waals surface area contributed by atoms with Crippen LogP contribution in [0.3, 0.4) is 0 Å². The highest BCUT2D eigenvalue weighted by atomic mass is 16.3. The first-order valence-corrected chi connectivity index (χ1v) is 5.31. The fraction of sp³-hybridized carbons (Fsp3) is 0.417. The molecule has 0 aliphatic carbocycles. The third-order valence-corrected chi connectivity index (χ3v) is 2.64. The van der Waals surface area contributed by atoms with Gasteiger partial charge in [-0.25, -0.2) is 0 Å². The molecule has 0 saturated carbocycles. The molecule has 0 spiro atoms. The SMILES string of the molecule is CCC(C)(N)C(=O)NCc1ccc(O)cc1. The van der Waals surface area contributed by atoms with E-state index in [2.05, 4.69) is 5.32 Å². The molecule has 1 aromatic rings. The van der Waals surface area contributed by atoms with Crippen molar-refractivity contribution in [2.75, 3.05) is 0 Å². The second-order valence-corrected chi connectivity index (χ2v) is 4.12. The van der Waals surface area contributed by atoms with E-state index in [-0.39, 0.29) is 11.7 Å². The topological polar surface area (TPSA) is 75.4 Å². The zero-order valence-corrected chi connectivity index (χ0v) is 9.66. The molecule has 1 aromatic carbocycles. The minimum atomic E-state index is -0.823. The number of hydrogen-bond acceptors (Lipinski definition) is 3. The molecule has 0 radical (unpaired) electrons. The average Bonchev–Trinajstić information content (AvgIpc) is 2.28. The molecule has 0 aliphatic heterocycles. The van der Waals surface area contributed by atoms with Gasteiger partial charge >= 0.3 is 0 Å². The zero-order chi connectivity index (χ0) is 12.2. The number of carbonyl (C=O) groups excluding carboxylic acids is 1. The van der Waals surface area contributed by atoms with Gasteiger partial charge in [-0.15, -0.1) is 0 Å². The van der Waals surface area contributed by atoms with E-state index >= 15 is 0 Å². The van der Waals surface area contributed by atoms with Gasteiger partial charge in [0.2, 0.25) is 5.91 Å². The highest BCUT2D eigenvalue weighted by Gasteiger charge is 2.25. The van der Waals surface area contributed by atoms with Crippen LogP contribution >= 0.6 is 0 Å². The number of phenols is 1. The highest BCUT2D eigenvalue weighted by Crippen LogP contribution is 2.10. The summed E-state index contributed by atoms with van der Waals surface area (Å²) >= 11 is 0. The molecule has 1 rings (SSSR count). The molecule has 1 unspecified atom stereocenters. The standard InChI is InChI=1S/C12H18N2O2/c1-3-12(2,13)11(16)14-8-9-4-6-10(15)7-5-9/h4-7,15H,3,8,13H2,1-2H3,(H,14,16). The lowest BCUT2D eigenvalue weighted by Gasteiger charge is -2.21. The Morgan fingerprint density at radius 3 is 2.50 bits per heavy atom. The number of phenolic OH excluding ortho intramolecular Hbond substituents is 1. The van der Waals surface area contributed by atoms with E-state index in [1.165, 1.54) is 0 Å². The summed E-state index contributed by atoms with van der Waals surface area (Å²) in [5.41, 5.74) is 5.90. The maximum Gasteiger partial charge on any atom is 0.240 e. The largest absolute Gasteiger partial charge is 0.508 e. The number of amides is 1. The summed E-state index contributed by atoms with van der Waals surface area (Å²) in [4.78, 5) is 11.7. The third-order valence-electron chi connectivity index (χ3n) is 2.64. The lowest BCUT2D eigenvalue weighted by atomic mass is 9.99. The molecule has 1 amide bonds. The van der Waals surface area contributed by atoms with Gasteiger partial charge in [0.1, 0.15) is 5.75 Å². The number of rotatable bonds is 4. The van der Waals surface area contributed by atoms with Crippen LogP contribution in [-0.2, 0) is 11.3 Å². The van der Waals surface area contributed by atoms with E-state index in [4.69, 9.17) is 10.8 Å². The Morgan fingerprint density at radius 2 is 2.00 bits per heavy atom. The molecule has 0 aliphatic rings. The van der Waals surface area contributed by atoms with E-state index in [0.29, 0.717) is 13.0 Å². The normalized spacial score (nSPS) is 14.2. The van der Waals surface area contributed by atoms with Crippen LogP contribution in [-0.4, -0.2) is 16.6 Å². The van der Waals surface area contributed by atoms with Crippen LogP contribution < -0.4 is 11.1 Å². The van der Waals surface area contributed by atoms with Crippen molar-refractivity contribution in [3.8, 4) is 5.75 Å². The molecule has 4 nitrogen and oxygen atoms in total. The van der Waals surface area contributed by atoms with Gasteiger partial charge in [-0.3, -0.25) is 4.79 Å². The zero-order valence-electron chi connectivity index (χ0n) is 9.66. The van der Waals surface area contributed by atoms with Gasteiger partial charge in [0.15, 0.2) is 0 Å². The Hall–Kier alpha value is -1.55. The lowest BCUT2D eigenvalue weighted by molar-refractivity contribution is -0.126. The summed E-state index contributed by atoms with van der Waals surface area (Å²) in [5, 5.41) is 11.9. The first-order chi connectivity index (χ1) is 7.45. The number of nitrogens with two attached hydrogens (primary N) is 1. The van der Waals surface area contributed by atoms with Crippen molar-refractivity contribution in [2.24, 2.45) is 5.73 Å². The Kier molecular flexibility index (Phi) is 3.90. The van der Waals surface area contributed by atoms with Crippen LogP contribution in [0.5, 0.6) is 5.75 Å². The van der Waals surface area contributed by atoms with Crippen LogP contribution in [0.15, 0.2) is 24.3 Å². The van der Waals surface area contributed by atoms with Crippen molar-refractivity contribution in [1.29, 1.82) is 0 Å². The number of benzene rings is 1. The average molecular weight is 222 g/mol. The number of carbonyl (C=O) groups is 1. The summed E-state index contributed by atoms with van der Waals surface area (Å²) in [6.45, 7) is 4.01. The molecular weight excluding hydrogens is 204 g/mol. The fourth-order valence-corrected chi connectivity index (χ4v) is 1.16. The second kappa shape index (κ2) is 4.99. The van der Waals surface area contributed by atoms with Crippen LogP contribution in [0.1, 0.15) is 25.8 Å². The Bertz CT molecular complexity index is 358. The highest BCUT2D eigenvalue weighted by molar-refractivity contribution is 5.85. The molecule has 4 N–H and O–H groups in total. The predicted octanol–water partition coefficient (Wildman–Crippen LogP) is 1.14. The van der Waals surface area contributed by atoms with E-state index in [0.717, 1.165) is 5.56 Å². The van der Waals surface area contributed by atoms with Gasteiger partial charge in [-0.05, 0) is 31.0 Å². The molecule has 0 heterocycles. The molecule has 88 valence electrons. The minimum absolute atomic E-state index is 0.164. The Morgan fingerprint density at radius 1 is 1.44 bits per heavy atom. The molecule has 4 heteroatoms. The van der Waals surface area contributed by atoms with Gasteiger partial charge in [-0.1, -0.05) is 19.1 Å². The maximum absolute atomic E-state index is 11.7. The predicted molar refractivity (Wildman–Crippen MR) is 62.8 cm³/mol. The summed E-state index contributed by atoms with van der Waals surface area (Å²) in [6, 6.07) is 6.69.